The molecule has 1 aliphatic rings. The number of nitrogens with one attached hydrogen (secondary N) is 1. The number of amides is 1. The van der Waals surface area contributed by atoms with Crippen molar-refractivity contribution in [2.75, 3.05) is 31.6 Å². The summed E-state index contributed by atoms with van der Waals surface area (Å²) in [4.78, 5) is 12.5. The number of aryl methyl sites for hydroxylation is 1. The maximum Gasteiger partial charge on any atom is 0.243 e. The van der Waals surface area contributed by atoms with Crippen LogP contribution in [0.4, 0.5) is 5.69 Å². The molecular weight excluding hydrogens is 416 g/mol. The molecule has 0 radical (unpaired) electrons. The highest BCUT2D eigenvalue weighted by atomic mass is 32.2. The molecule has 0 saturated carbocycles. The first-order valence-electron chi connectivity index (χ1n) is 10.7. The zero-order chi connectivity index (χ0) is 22.3. The van der Waals surface area contributed by atoms with Gasteiger partial charge in [-0.3, -0.25) is 4.79 Å². The molecule has 8 heteroatoms. The third-order valence-corrected chi connectivity index (χ3v) is 6.97. The molecule has 7 nitrogen and oxygen atoms in total. The Morgan fingerprint density at radius 1 is 1.10 bits per heavy atom. The second-order valence-corrected chi connectivity index (χ2v) is 9.47. The fourth-order valence-corrected chi connectivity index (χ4v) is 4.98. The summed E-state index contributed by atoms with van der Waals surface area (Å²) in [6, 6.07) is 12.1. The summed E-state index contributed by atoms with van der Waals surface area (Å²) in [7, 11) is -3.64. The number of carbonyl (C=O) groups excluding carboxylic acids is 1. The summed E-state index contributed by atoms with van der Waals surface area (Å²) < 4.78 is 38.9. The minimum atomic E-state index is -3.64. The molecule has 0 bridgehead atoms. The van der Waals surface area contributed by atoms with E-state index in [4.69, 9.17) is 9.47 Å². The topological polar surface area (TPSA) is 84.9 Å². The van der Waals surface area contributed by atoms with Crippen LogP contribution in [0.2, 0.25) is 0 Å². The number of rotatable bonds is 9. The van der Waals surface area contributed by atoms with E-state index in [1.54, 1.807) is 6.07 Å². The van der Waals surface area contributed by atoms with Gasteiger partial charge in [-0.05, 0) is 62.6 Å². The molecule has 31 heavy (non-hydrogen) atoms. The minimum Gasteiger partial charge on any atom is -0.455 e. The van der Waals surface area contributed by atoms with E-state index in [2.05, 4.69) is 5.32 Å². The van der Waals surface area contributed by atoms with E-state index < -0.39 is 10.0 Å². The third kappa shape index (κ3) is 6.29. The molecule has 1 N–H and O–H groups in total. The van der Waals surface area contributed by atoms with E-state index in [0.29, 0.717) is 43.5 Å². The lowest BCUT2D eigenvalue weighted by atomic mass is 10.2. The van der Waals surface area contributed by atoms with Crippen molar-refractivity contribution in [2.24, 2.45) is 0 Å². The van der Waals surface area contributed by atoms with Gasteiger partial charge in [0.25, 0.3) is 0 Å². The van der Waals surface area contributed by atoms with Crippen LogP contribution in [0.1, 0.15) is 38.2 Å². The molecule has 2 aromatic rings. The highest BCUT2D eigenvalue weighted by molar-refractivity contribution is 7.89. The van der Waals surface area contributed by atoms with E-state index in [1.807, 2.05) is 38.1 Å². The average molecular weight is 447 g/mol. The van der Waals surface area contributed by atoms with Gasteiger partial charge in [0.2, 0.25) is 15.9 Å². The standard InChI is InChI=1S/C23H30N2O5S/c1-3-29-15-12-23(26)24-21-17-20(31(27,28)25-13-5-4-6-14-25)10-11-22(21)30-19-9-7-8-18(2)16-19/h7-11,16-17H,3-6,12-15H2,1-2H3,(H,24,26). The van der Waals surface area contributed by atoms with E-state index in [-0.39, 0.29) is 17.2 Å². The predicted octanol–water partition coefficient (Wildman–Crippen LogP) is 4.33. The Balaban J connectivity index is 1.89. The van der Waals surface area contributed by atoms with Gasteiger partial charge in [0.05, 0.1) is 23.6 Å². The van der Waals surface area contributed by atoms with E-state index in [0.717, 1.165) is 24.8 Å². The second kappa shape index (κ2) is 10.7. The predicted molar refractivity (Wildman–Crippen MR) is 120 cm³/mol. The van der Waals surface area contributed by atoms with Crippen molar-refractivity contribution in [3.8, 4) is 11.5 Å². The lowest BCUT2D eigenvalue weighted by Gasteiger charge is -2.26. The number of piperidine rings is 1. The van der Waals surface area contributed by atoms with Crippen LogP contribution in [-0.2, 0) is 19.6 Å². The summed E-state index contributed by atoms with van der Waals surface area (Å²) in [6.45, 7) is 5.67. The Labute approximate surface area is 184 Å². The largest absolute Gasteiger partial charge is 0.455 e. The quantitative estimate of drug-likeness (QED) is 0.580. The molecule has 0 aliphatic carbocycles. The second-order valence-electron chi connectivity index (χ2n) is 7.54. The zero-order valence-corrected chi connectivity index (χ0v) is 18.9. The Morgan fingerprint density at radius 3 is 2.58 bits per heavy atom. The Kier molecular flexibility index (Phi) is 8.06. The number of nitrogens with zero attached hydrogens (tertiary/aromatic N) is 1. The van der Waals surface area contributed by atoms with E-state index in [1.165, 1.54) is 16.4 Å². The number of ether oxygens (including phenoxy) is 2. The molecule has 1 heterocycles. The molecule has 0 unspecified atom stereocenters. The van der Waals surface area contributed by atoms with Gasteiger partial charge in [0.15, 0.2) is 5.75 Å². The maximum atomic E-state index is 13.1. The first-order chi connectivity index (χ1) is 14.9. The highest BCUT2D eigenvalue weighted by Gasteiger charge is 2.27. The summed E-state index contributed by atoms with van der Waals surface area (Å²) >= 11 is 0. The van der Waals surface area contributed by atoms with Crippen LogP contribution in [0.25, 0.3) is 0 Å². The molecule has 2 aromatic carbocycles. The van der Waals surface area contributed by atoms with Gasteiger partial charge < -0.3 is 14.8 Å². The monoisotopic (exact) mass is 446 g/mol. The van der Waals surface area contributed by atoms with E-state index in [9.17, 15) is 13.2 Å². The molecule has 3 rings (SSSR count). The number of carbonyl (C=O) groups is 1. The molecule has 1 saturated heterocycles. The molecule has 1 amide bonds. The molecule has 0 aromatic heterocycles. The van der Waals surface area contributed by atoms with Crippen molar-refractivity contribution in [1.29, 1.82) is 0 Å². The van der Waals surface area contributed by atoms with Crippen LogP contribution in [0.3, 0.4) is 0 Å². The van der Waals surface area contributed by atoms with Crippen molar-refractivity contribution in [3.63, 3.8) is 0 Å². The van der Waals surface area contributed by atoms with Gasteiger partial charge in [-0.15, -0.1) is 0 Å². The van der Waals surface area contributed by atoms with Gasteiger partial charge in [0, 0.05) is 19.7 Å². The average Bonchev–Trinajstić information content (AvgIpc) is 2.76. The van der Waals surface area contributed by atoms with Crippen molar-refractivity contribution >= 4 is 21.6 Å². The normalized spacial score (nSPS) is 14.9. The molecule has 0 spiro atoms. The summed E-state index contributed by atoms with van der Waals surface area (Å²) in [6.07, 6.45) is 2.92. The maximum absolute atomic E-state index is 13.1. The number of anilines is 1. The third-order valence-electron chi connectivity index (χ3n) is 5.07. The van der Waals surface area contributed by atoms with Crippen LogP contribution in [0.15, 0.2) is 47.4 Å². The van der Waals surface area contributed by atoms with Crippen LogP contribution in [0, 0.1) is 6.92 Å². The van der Waals surface area contributed by atoms with Gasteiger partial charge in [-0.2, -0.15) is 4.31 Å². The van der Waals surface area contributed by atoms with E-state index >= 15 is 0 Å². The molecule has 0 atom stereocenters. The fourth-order valence-electron chi connectivity index (χ4n) is 3.44. The Hall–Kier alpha value is -2.42. The first kappa shape index (κ1) is 23.2. The number of benzene rings is 2. The Morgan fingerprint density at radius 2 is 1.87 bits per heavy atom. The molecule has 168 valence electrons. The van der Waals surface area contributed by atoms with Gasteiger partial charge in [0.1, 0.15) is 5.75 Å². The fraction of sp³-hybridized carbons (Fsp3) is 0.435. The smallest absolute Gasteiger partial charge is 0.243 e. The highest BCUT2D eigenvalue weighted by Crippen LogP contribution is 2.33. The summed E-state index contributed by atoms with van der Waals surface area (Å²) in [5, 5.41) is 2.79. The minimum absolute atomic E-state index is 0.145. The summed E-state index contributed by atoms with van der Waals surface area (Å²) in [5.41, 5.74) is 1.35. The zero-order valence-electron chi connectivity index (χ0n) is 18.1. The van der Waals surface area contributed by atoms with Crippen molar-refractivity contribution in [1.82, 2.24) is 4.31 Å². The van der Waals surface area contributed by atoms with Gasteiger partial charge in [-0.1, -0.05) is 18.6 Å². The molecule has 1 aliphatic heterocycles. The van der Waals surface area contributed by atoms with Crippen molar-refractivity contribution in [2.45, 2.75) is 44.4 Å². The Bertz CT molecular complexity index is 1000. The molecule has 1 fully saturated rings. The first-order valence-corrected chi connectivity index (χ1v) is 12.1. The van der Waals surface area contributed by atoms with Crippen LogP contribution in [-0.4, -0.2) is 44.9 Å². The SMILES string of the molecule is CCOCCC(=O)Nc1cc(S(=O)(=O)N2CCCCC2)ccc1Oc1cccc(C)c1. The lowest BCUT2D eigenvalue weighted by Crippen LogP contribution is -2.35. The number of hydrogen-bond donors (Lipinski definition) is 1. The van der Waals surface area contributed by atoms with Crippen molar-refractivity contribution < 1.29 is 22.7 Å². The lowest BCUT2D eigenvalue weighted by molar-refractivity contribution is -0.117. The molecular formula is C23H30N2O5S. The van der Waals surface area contributed by atoms with Crippen LogP contribution >= 0.6 is 0 Å². The number of sulfonamides is 1. The van der Waals surface area contributed by atoms with Crippen molar-refractivity contribution in [3.05, 3.63) is 48.0 Å². The van der Waals surface area contributed by atoms with Gasteiger partial charge in [-0.25, -0.2) is 8.42 Å². The summed E-state index contributed by atoms with van der Waals surface area (Å²) in [5.74, 6) is 0.722. The van der Waals surface area contributed by atoms with Crippen LogP contribution < -0.4 is 10.1 Å². The van der Waals surface area contributed by atoms with Gasteiger partial charge >= 0.3 is 0 Å². The number of hydrogen-bond acceptors (Lipinski definition) is 5. The van der Waals surface area contributed by atoms with Crippen LogP contribution in [0.5, 0.6) is 11.5 Å².